The Labute approximate surface area is 203 Å². The van der Waals surface area contributed by atoms with Crippen molar-refractivity contribution in [3.63, 3.8) is 0 Å². The van der Waals surface area contributed by atoms with E-state index in [4.69, 9.17) is 4.74 Å². The number of anilines is 1. The normalized spacial score (nSPS) is 18.7. The number of hydrogen-bond acceptors (Lipinski definition) is 5. The fourth-order valence-corrected chi connectivity index (χ4v) is 4.22. The molecule has 0 unspecified atom stereocenters. The van der Waals surface area contributed by atoms with Gasteiger partial charge in [0.1, 0.15) is 6.61 Å². The van der Waals surface area contributed by atoms with Gasteiger partial charge in [0, 0.05) is 38.5 Å². The number of carbonyl (C=O) groups is 2. The van der Waals surface area contributed by atoms with E-state index in [-0.39, 0.29) is 30.7 Å². The lowest BCUT2D eigenvalue weighted by atomic mass is 9.89. The largest absolute Gasteiger partial charge is 0.417 e. The molecule has 1 aromatic rings. The second kappa shape index (κ2) is 11.2. The molecule has 0 atom stereocenters. The first-order valence-electron chi connectivity index (χ1n) is 11.4. The number of allylic oxidation sites excluding steroid dienone is 1. The summed E-state index contributed by atoms with van der Waals surface area (Å²) < 4.78 is 43.7. The molecule has 1 aromatic carbocycles. The van der Waals surface area contributed by atoms with Gasteiger partial charge in [0.2, 0.25) is 11.8 Å². The highest BCUT2D eigenvalue weighted by molar-refractivity contribution is 5.88. The number of rotatable bonds is 8. The number of carbonyl (C=O) groups excluding carboxylic acids is 2. The zero-order chi connectivity index (χ0) is 25.6. The summed E-state index contributed by atoms with van der Waals surface area (Å²) in [6.07, 6.45) is -1.60. The smallest absolute Gasteiger partial charge is 0.363 e. The van der Waals surface area contributed by atoms with Gasteiger partial charge >= 0.3 is 6.18 Å². The van der Waals surface area contributed by atoms with Crippen molar-refractivity contribution in [2.75, 3.05) is 44.6 Å². The molecule has 0 bridgehead atoms. The molecule has 2 saturated heterocycles. The number of alkyl halides is 3. The van der Waals surface area contributed by atoms with Gasteiger partial charge in [-0.2, -0.15) is 13.2 Å². The van der Waals surface area contributed by atoms with Crippen LogP contribution in [0.2, 0.25) is 0 Å². The van der Waals surface area contributed by atoms with Crippen LogP contribution >= 0.6 is 0 Å². The van der Waals surface area contributed by atoms with Crippen molar-refractivity contribution in [3.05, 3.63) is 54.3 Å². The predicted molar refractivity (Wildman–Crippen MR) is 128 cm³/mol. The van der Waals surface area contributed by atoms with E-state index in [1.54, 1.807) is 4.90 Å². The van der Waals surface area contributed by atoms with Crippen molar-refractivity contribution in [2.24, 2.45) is 4.99 Å². The van der Waals surface area contributed by atoms with E-state index in [2.05, 4.69) is 28.4 Å². The molecule has 190 valence electrons. The van der Waals surface area contributed by atoms with Gasteiger partial charge in [-0.3, -0.25) is 14.6 Å². The minimum atomic E-state index is -4.55. The molecule has 0 saturated carbocycles. The number of nitrogens with zero attached hydrogens (tertiary/aromatic N) is 3. The molecule has 0 aromatic heterocycles. The highest BCUT2D eigenvalue weighted by Crippen LogP contribution is 2.31. The summed E-state index contributed by atoms with van der Waals surface area (Å²) in [5.41, 5.74) is 0.517. The molecule has 2 heterocycles. The summed E-state index contributed by atoms with van der Waals surface area (Å²) in [7, 11) is 0. The number of nitrogens with one attached hydrogen (secondary N) is 1. The van der Waals surface area contributed by atoms with Crippen LogP contribution in [0.4, 0.5) is 18.9 Å². The Kier molecular flexibility index (Phi) is 8.50. The number of piperidine rings is 1. The summed E-state index contributed by atoms with van der Waals surface area (Å²) in [5.74, 6) is -0.339. The quantitative estimate of drug-likeness (QED) is 0.563. The van der Waals surface area contributed by atoms with Gasteiger partial charge in [-0.15, -0.1) is 0 Å². The Morgan fingerprint density at radius 2 is 2.00 bits per heavy atom. The lowest BCUT2D eigenvalue weighted by Crippen LogP contribution is -2.59. The monoisotopic (exact) mass is 492 g/mol. The molecule has 0 radical (unpaired) electrons. The maximum absolute atomic E-state index is 12.6. The van der Waals surface area contributed by atoms with Crippen LogP contribution < -0.4 is 5.32 Å². The van der Waals surface area contributed by atoms with E-state index in [9.17, 15) is 22.8 Å². The van der Waals surface area contributed by atoms with Crippen molar-refractivity contribution in [2.45, 2.75) is 38.0 Å². The third-order valence-corrected chi connectivity index (χ3v) is 6.21. The maximum Gasteiger partial charge on any atom is 0.417 e. The van der Waals surface area contributed by atoms with E-state index in [1.165, 1.54) is 6.92 Å². The first-order chi connectivity index (χ1) is 16.5. The summed E-state index contributed by atoms with van der Waals surface area (Å²) >= 11 is 0. The molecule has 1 spiro atoms. The molecular weight excluding hydrogens is 461 g/mol. The predicted octanol–water partition coefficient (Wildman–Crippen LogP) is 3.58. The molecule has 2 aliphatic rings. The first-order valence-corrected chi connectivity index (χ1v) is 11.4. The van der Waals surface area contributed by atoms with Crippen LogP contribution in [0.5, 0.6) is 0 Å². The molecule has 10 heteroatoms. The number of morpholine rings is 1. The maximum atomic E-state index is 12.6. The van der Waals surface area contributed by atoms with Gasteiger partial charge in [-0.05, 0) is 37.0 Å². The number of ether oxygens (including phenoxy) is 1. The number of benzene rings is 1. The van der Waals surface area contributed by atoms with Crippen molar-refractivity contribution < 1.29 is 27.5 Å². The molecule has 2 aliphatic heterocycles. The Hall–Kier alpha value is -2.98. The van der Waals surface area contributed by atoms with Crippen molar-refractivity contribution in [1.82, 2.24) is 9.80 Å². The molecule has 1 N–H and O–H groups in total. The first kappa shape index (κ1) is 26.6. The number of amides is 2. The summed E-state index contributed by atoms with van der Waals surface area (Å²) in [4.78, 5) is 31.2. The van der Waals surface area contributed by atoms with Gasteiger partial charge < -0.3 is 19.9 Å². The average Bonchev–Trinajstić information content (AvgIpc) is 2.79. The number of hydrogen-bond donors (Lipinski definition) is 1. The summed E-state index contributed by atoms with van der Waals surface area (Å²) in [6.45, 7) is 10.9. The van der Waals surface area contributed by atoms with Gasteiger partial charge in [-0.25, -0.2) is 0 Å². The lowest BCUT2D eigenvalue weighted by molar-refractivity contribution is -0.170. The fourth-order valence-electron chi connectivity index (χ4n) is 4.22. The summed E-state index contributed by atoms with van der Waals surface area (Å²) in [5, 5.41) is 2.79. The van der Waals surface area contributed by atoms with Crippen LogP contribution in [0.1, 0.15) is 25.3 Å². The second-order valence-corrected chi connectivity index (χ2v) is 9.04. The lowest BCUT2D eigenvalue weighted by Gasteiger charge is -2.47. The highest BCUT2D eigenvalue weighted by atomic mass is 19.4. The van der Waals surface area contributed by atoms with Crippen molar-refractivity contribution in [1.29, 1.82) is 0 Å². The summed E-state index contributed by atoms with van der Waals surface area (Å²) in [6, 6.07) is 7.78. The van der Waals surface area contributed by atoms with E-state index >= 15 is 0 Å². The van der Waals surface area contributed by atoms with Crippen molar-refractivity contribution >= 4 is 23.7 Å². The number of likely N-dealkylation sites (tertiary alicyclic amines) is 1. The SMILES string of the molecule is C=C(CN1CC2(CCN(CCc3cccc(NC(C)=O)c3)CC2)OCC1=O)N=CC(=C)C(F)(F)F. The Bertz CT molecular complexity index is 998. The van der Waals surface area contributed by atoms with Crippen molar-refractivity contribution in [3.8, 4) is 0 Å². The molecular formula is C25H31F3N4O3. The third kappa shape index (κ3) is 7.76. The number of aliphatic imine (C=N–C) groups is 1. The molecule has 2 amide bonds. The third-order valence-electron chi connectivity index (χ3n) is 6.21. The van der Waals surface area contributed by atoms with E-state index < -0.39 is 17.4 Å². The van der Waals surface area contributed by atoms with Crippen LogP contribution in [0.3, 0.4) is 0 Å². The van der Waals surface area contributed by atoms with E-state index in [0.29, 0.717) is 12.8 Å². The molecule has 2 fully saturated rings. The van der Waals surface area contributed by atoms with Crippen LogP contribution in [-0.4, -0.2) is 78.9 Å². The van der Waals surface area contributed by atoms with Crippen LogP contribution in [0, 0.1) is 0 Å². The van der Waals surface area contributed by atoms with Gasteiger partial charge in [0.25, 0.3) is 0 Å². The van der Waals surface area contributed by atoms with Gasteiger partial charge in [0.05, 0.1) is 30.0 Å². The second-order valence-electron chi connectivity index (χ2n) is 9.04. The van der Waals surface area contributed by atoms with E-state index in [1.807, 2.05) is 24.3 Å². The Morgan fingerprint density at radius 3 is 2.66 bits per heavy atom. The number of halogens is 3. The minimum Gasteiger partial charge on any atom is -0.363 e. The molecule has 3 rings (SSSR count). The Balaban J connectivity index is 1.49. The van der Waals surface area contributed by atoms with Crippen LogP contribution in [0.15, 0.2) is 53.7 Å². The zero-order valence-electron chi connectivity index (χ0n) is 19.9. The highest BCUT2D eigenvalue weighted by Gasteiger charge is 2.42. The average molecular weight is 493 g/mol. The molecule has 35 heavy (non-hydrogen) atoms. The van der Waals surface area contributed by atoms with Crippen LogP contribution in [0.25, 0.3) is 0 Å². The van der Waals surface area contributed by atoms with Gasteiger partial charge in [-0.1, -0.05) is 25.3 Å². The molecule has 7 nitrogen and oxygen atoms in total. The molecule has 0 aliphatic carbocycles. The van der Waals surface area contributed by atoms with Gasteiger partial charge in [0.15, 0.2) is 0 Å². The van der Waals surface area contributed by atoms with E-state index in [0.717, 1.165) is 50.1 Å². The zero-order valence-corrected chi connectivity index (χ0v) is 19.9. The standard InChI is InChI=1S/C25H31F3N4O3/c1-18(25(26,27)28)14-29-19(2)15-32-17-24(35-16-23(32)34)8-11-31(12-9-24)10-7-21-5-4-6-22(13-21)30-20(3)33/h4-6,13-14H,1-2,7-12,15-17H2,3H3,(H,30,33). The fraction of sp³-hybridized carbons (Fsp3) is 0.480. The topological polar surface area (TPSA) is 74.2 Å². The Morgan fingerprint density at radius 1 is 1.29 bits per heavy atom. The minimum absolute atomic E-state index is 0.0416. The van der Waals surface area contributed by atoms with Crippen LogP contribution in [-0.2, 0) is 20.7 Å².